The third-order valence-electron chi connectivity index (χ3n) is 5.27. The molecule has 0 bridgehead atoms. The van der Waals surface area contributed by atoms with Crippen LogP contribution >= 0.6 is 0 Å². The van der Waals surface area contributed by atoms with E-state index in [1.165, 1.54) is 13.2 Å². The fraction of sp³-hybridized carbons (Fsp3) is 0.632. The van der Waals surface area contributed by atoms with E-state index in [0.717, 1.165) is 64.5 Å². The van der Waals surface area contributed by atoms with Gasteiger partial charge >= 0.3 is 0 Å². The maximum atomic E-state index is 12.9. The summed E-state index contributed by atoms with van der Waals surface area (Å²) in [6.07, 6.45) is 8.07. The standard InChI is InChI=1S/C19H28N2O4S/c1-25-17-11-10-15(19(22)21-12-6-3-7-13-21)14-18(17)26(23,24)20-16-8-4-2-5-9-16/h10-11,14,16,20H,2-9,12-13H2,1H3. The number of amides is 1. The number of hydrogen-bond acceptors (Lipinski definition) is 4. The van der Waals surface area contributed by atoms with E-state index >= 15 is 0 Å². The number of nitrogens with one attached hydrogen (secondary N) is 1. The first-order chi connectivity index (χ1) is 12.5. The lowest BCUT2D eigenvalue weighted by Gasteiger charge is -2.27. The van der Waals surface area contributed by atoms with E-state index in [1.54, 1.807) is 17.0 Å². The Hall–Kier alpha value is -1.60. The van der Waals surface area contributed by atoms with Crippen molar-refractivity contribution in [2.24, 2.45) is 0 Å². The van der Waals surface area contributed by atoms with Crippen molar-refractivity contribution in [3.05, 3.63) is 23.8 Å². The summed E-state index contributed by atoms with van der Waals surface area (Å²) in [7, 11) is -2.29. The van der Waals surface area contributed by atoms with Crippen LogP contribution in [0.25, 0.3) is 0 Å². The molecule has 0 unspecified atom stereocenters. The number of rotatable bonds is 5. The van der Waals surface area contributed by atoms with Crippen molar-refractivity contribution in [1.82, 2.24) is 9.62 Å². The van der Waals surface area contributed by atoms with Gasteiger partial charge in [0.05, 0.1) is 7.11 Å². The van der Waals surface area contributed by atoms with E-state index in [0.29, 0.717) is 5.56 Å². The van der Waals surface area contributed by atoms with E-state index in [2.05, 4.69) is 4.72 Å². The Morgan fingerprint density at radius 1 is 1.08 bits per heavy atom. The van der Waals surface area contributed by atoms with Crippen LogP contribution in [0.5, 0.6) is 5.75 Å². The van der Waals surface area contributed by atoms with Crippen LogP contribution in [0.15, 0.2) is 23.1 Å². The maximum Gasteiger partial charge on any atom is 0.253 e. The Labute approximate surface area is 156 Å². The maximum absolute atomic E-state index is 12.9. The molecule has 1 saturated heterocycles. The lowest BCUT2D eigenvalue weighted by atomic mass is 9.96. The predicted molar refractivity (Wildman–Crippen MR) is 99.9 cm³/mol. The number of likely N-dealkylation sites (tertiary alicyclic amines) is 1. The number of hydrogen-bond donors (Lipinski definition) is 1. The first-order valence-corrected chi connectivity index (χ1v) is 11.0. The molecule has 0 spiro atoms. The molecule has 6 nitrogen and oxygen atoms in total. The third kappa shape index (κ3) is 4.38. The van der Waals surface area contributed by atoms with Gasteiger partial charge in [-0.15, -0.1) is 0 Å². The number of piperidine rings is 1. The number of nitrogens with zero attached hydrogens (tertiary/aromatic N) is 1. The summed E-state index contributed by atoms with van der Waals surface area (Å²) in [5, 5.41) is 0. The molecule has 1 aliphatic carbocycles. The Morgan fingerprint density at radius 3 is 2.38 bits per heavy atom. The van der Waals surface area contributed by atoms with Crippen LogP contribution in [0, 0.1) is 0 Å². The zero-order valence-corrected chi connectivity index (χ0v) is 16.2. The zero-order valence-electron chi connectivity index (χ0n) is 15.4. The molecule has 1 heterocycles. The molecule has 144 valence electrons. The summed E-state index contributed by atoms with van der Waals surface area (Å²) in [4.78, 5) is 14.6. The first-order valence-electron chi connectivity index (χ1n) is 9.51. The summed E-state index contributed by atoms with van der Waals surface area (Å²) in [6, 6.07) is 4.64. The second-order valence-corrected chi connectivity index (χ2v) is 8.86. The summed E-state index contributed by atoms with van der Waals surface area (Å²) in [5.41, 5.74) is 0.400. The number of benzene rings is 1. The number of ether oxygens (including phenoxy) is 1. The fourth-order valence-electron chi connectivity index (χ4n) is 3.80. The summed E-state index contributed by atoms with van der Waals surface area (Å²) in [6.45, 7) is 1.46. The highest BCUT2D eigenvalue weighted by molar-refractivity contribution is 7.89. The Kier molecular flexibility index (Phi) is 6.19. The van der Waals surface area contributed by atoms with Crippen LogP contribution in [0.4, 0.5) is 0 Å². The van der Waals surface area contributed by atoms with Gasteiger partial charge in [-0.3, -0.25) is 4.79 Å². The van der Waals surface area contributed by atoms with Crippen LogP contribution in [0.3, 0.4) is 0 Å². The van der Waals surface area contributed by atoms with Gasteiger partial charge in [0.25, 0.3) is 5.91 Å². The van der Waals surface area contributed by atoms with Crippen molar-refractivity contribution < 1.29 is 17.9 Å². The van der Waals surface area contributed by atoms with Gasteiger partial charge in [0.2, 0.25) is 10.0 Å². The molecule has 1 aromatic carbocycles. The number of sulfonamides is 1. The van der Waals surface area contributed by atoms with E-state index in [9.17, 15) is 13.2 Å². The van der Waals surface area contributed by atoms with Gasteiger partial charge in [-0.05, 0) is 50.3 Å². The van der Waals surface area contributed by atoms with Crippen molar-refractivity contribution in [1.29, 1.82) is 0 Å². The molecule has 0 aromatic heterocycles. The number of carbonyl (C=O) groups excluding carboxylic acids is 1. The molecule has 2 aliphatic rings. The van der Waals surface area contributed by atoms with Crippen LogP contribution in [0.2, 0.25) is 0 Å². The van der Waals surface area contributed by atoms with Crippen LogP contribution in [-0.2, 0) is 10.0 Å². The highest BCUT2D eigenvalue weighted by atomic mass is 32.2. The average Bonchev–Trinajstić information content (AvgIpc) is 2.68. The van der Waals surface area contributed by atoms with Gasteiger partial charge in [0.15, 0.2) is 0 Å². The average molecular weight is 381 g/mol. The SMILES string of the molecule is COc1ccc(C(=O)N2CCCCC2)cc1S(=O)(=O)NC1CCCCC1. The Bertz CT molecular complexity index is 736. The molecular formula is C19H28N2O4S. The van der Waals surface area contributed by atoms with E-state index in [1.807, 2.05) is 0 Å². The summed E-state index contributed by atoms with van der Waals surface area (Å²) >= 11 is 0. The molecule has 1 aromatic rings. The monoisotopic (exact) mass is 380 g/mol. The van der Waals surface area contributed by atoms with E-state index in [-0.39, 0.29) is 22.6 Å². The quantitative estimate of drug-likeness (QED) is 0.852. The molecule has 1 N–H and O–H groups in total. The van der Waals surface area contributed by atoms with Crippen molar-refractivity contribution in [2.45, 2.75) is 62.3 Å². The van der Waals surface area contributed by atoms with Gasteiger partial charge in [-0.2, -0.15) is 0 Å². The predicted octanol–water partition coefficient (Wildman–Crippen LogP) is 2.93. The minimum absolute atomic E-state index is 0.0418. The smallest absolute Gasteiger partial charge is 0.253 e. The van der Waals surface area contributed by atoms with Crippen molar-refractivity contribution >= 4 is 15.9 Å². The van der Waals surface area contributed by atoms with Crippen molar-refractivity contribution in [3.8, 4) is 5.75 Å². The largest absolute Gasteiger partial charge is 0.495 e. The molecule has 1 aliphatic heterocycles. The highest BCUT2D eigenvalue weighted by Gasteiger charge is 2.27. The second-order valence-electron chi connectivity index (χ2n) is 7.17. The summed E-state index contributed by atoms with van der Waals surface area (Å²) < 4.78 is 33.9. The van der Waals surface area contributed by atoms with Crippen LogP contribution in [0.1, 0.15) is 61.7 Å². The molecule has 7 heteroatoms. The van der Waals surface area contributed by atoms with Crippen molar-refractivity contribution in [3.63, 3.8) is 0 Å². The highest BCUT2D eigenvalue weighted by Crippen LogP contribution is 2.28. The van der Waals surface area contributed by atoms with Gasteiger partial charge in [-0.1, -0.05) is 19.3 Å². The minimum Gasteiger partial charge on any atom is -0.495 e. The topological polar surface area (TPSA) is 75.7 Å². The van der Waals surface area contributed by atoms with Gasteiger partial charge in [0, 0.05) is 24.7 Å². The third-order valence-corrected chi connectivity index (χ3v) is 6.81. The lowest BCUT2D eigenvalue weighted by Crippen LogP contribution is -2.37. The van der Waals surface area contributed by atoms with Gasteiger partial charge in [0.1, 0.15) is 10.6 Å². The molecule has 1 saturated carbocycles. The Balaban J connectivity index is 1.85. The summed E-state index contributed by atoms with van der Waals surface area (Å²) in [5.74, 6) is 0.157. The van der Waals surface area contributed by atoms with Crippen LogP contribution in [-0.4, -0.2) is 45.5 Å². The molecule has 3 rings (SSSR count). The van der Waals surface area contributed by atoms with E-state index < -0.39 is 10.0 Å². The van der Waals surface area contributed by atoms with Crippen LogP contribution < -0.4 is 9.46 Å². The van der Waals surface area contributed by atoms with Gasteiger partial charge in [-0.25, -0.2) is 13.1 Å². The van der Waals surface area contributed by atoms with Gasteiger partial charge < -0.3 is 9.64 Å². The molecular weight excluding hydrogens is 352 g/mol. The molecule has 0 atom stereocenters. The molecule has 26 heavy (non-hydrogen) atoms. The normalized spacial score (nSPS) is 19.3. The Morgan fingerprint density at radius 2 is 1.73 bits per heavy atom. The lowest BCUT2D eigenvalue weighted by molar-refractivity contribution is 0.0724. The zero-order chi connectivity index (χ0) is 18.6. The molecule has 2 fully saturated rings. The minimum atomic E-state index is -3.74. The fourth-order valence-corrected chi connectivity index (χ4v) is 5.30. The second kappa shape index (κ2) is 8.39. The van der Waals surface area contributed by atoms with E-state index in [4.69, 9.17) is 4.74 Å². The van der Waals surface area contributed by atoms with Crippen molar-refractivity contribution in [2.75, 3.05) is 20.2 Å². The molecule has 0 radical (unpaired) electrons. The number of methoxy groups -OCH3 is 1. The molecule has 1 amide bonds. The first kappa shape index (κ1) is 19.2. The number of carbonyl (C=O) groups is 1.